The molecule has 1 aromatic carbocycles. The Balaban J connectivity index is 1.50. The molecular formula is C19H16F3N3O5S2. The number of nitrogens with one attached hydrogen (secondary N) is 1. The summed E-state index contributed by atoms with van der Waals surface area (Å²) in [5.74, 6) is -0.787. The van der Waals surface area contributed by atoms with Gasteiger partial charge in [-0.2, -0.15) is 13.2 Å². The van der Waals surface area contributed by atoms with Crippen molar-refractivity contribution in [1.82, 2.24) is 15.3 Å². The van der Waals surface area contributed by atoms with Crippen molar-refractivity contribution >= 4 is 37.3 Å². The number of nitrogens with zero attached hydrogens (tertiary/aromatic N) is 2. The van der Waals surface area contributed by atoms with E-state index in [2.05, 4.69) is 15.3 Å². The van der Waals surface area contributed by atoms with Gasteiger partial charge in [0.25, 0.3) is 11.8 Å². The Morgan fingerprint density at radius 3 is 2.72 bits per heavy atom. The molecule has 0 saturated carbocycles. The number of hydrogen-bond donors (Lipinski definition) is 1. The Bertz CT molecular complexity index is 1280. The van der Waals surface area contributed by atoms with Crippen LogP contribution in [0.5, 0.6) is 17.4 Å². The van der Waals surface area contributed by atoms with E-state index in [0.29, 0.717) is 10.2 Å². The van der Waals surface area contributed by atoms with Crippen molar-refractivity contribution in [2.45, 2.75) is 18.6 Å². The van der Waals surface area contributed by atoms with Gasteiger partial charge in [-0.25, -0.2) is 18.4 Å². The second kappa shape index (κ2) is 7.89. The Hall–Kier alpha value is -2.93. The average Bonchev–Trinajstić information content (AvgIpc) is 3.08. The van der Waals surface area contributed by atoms with Gasteiger partial charge in [0.2, 0.25) is 0 Å². The number of aromatic nitrogens is 2. The maximum atomic E-state index is 12.5. The van der Waals surface area contributed by atoms with E-state index in [0.717, 1.165) is 11.3 Å². The van der Waals surface area contributed by atoms with Crippen molar-refractivity contribution in [2.24, 2.45) is 0 Å². The van der Waals surface area contributed by atoms with Crippen LogP contribution in [0.2, 0.25) is 0 Å². The summed E-state index contributed by atoms with van der Waals surface area (Å²) in [6.07, 6.45) is -3.16. The third kappa shape index (κ3) is 5.10. The lowest BCUT2D eigenvalue weighted by atomic mass is 10.1. The van der Waals surface area contributed by atoms with E-state index in [4.69, 9.17) is 9.47 Å². The fourth-order valence-electron chi connectivity index (χ4n) is 3.23. The van der Waals surface area contributed by atoms with Gasteiger partial charge in [0.1, 0.15) is 5.75 Å². The summed E-state index contributed by atoms with van der Waals surface area (Å²) in [5.41, 5.74) is -0.318. The molecule has 4 rings (SSSR count). The van der Waals surface area contributed by atoms with Gasteiger partial charge in [0, 0.05) is 12.3 Å². The zero-order chi connectivity index (χ0) is 23.1. The molecular weight excluding hydrogens is 471 g/mol. The molecule has 1 N–H and O–H groups in total. The highest BCUT2D eigenvalue weighted by molar-refractivity contribution is 7.93. The molecule has 0 radical (unpaired) electrons. The number of ether oxygens (including phenoxy) is 2. The number of amides is 1. The number of hydrogen-bond acceptors (Lipinski definition) is 8. The summed E-state index contributed by atoms with van der Waals surface area (Å²) in [4.78, 5) is 20.7. The lowest BCUT2D eigenvalue weighted by Crippen LogP contribution is -2.63. The highest BCUT2D eigenvalue weighted by Gasteiger charge is 2.46. The zero-order valence-electron chi connectivity index (χ0n) is 16.5. The number of halogens is 3. The molecule has 170 valence electrons. The second-order valence-electron chi connectivity index (χ2n) is 7.51. The minimum absolute atomic E-state index is 0.128. The molecule has 3 aromatic rings. The number of pyridine rings is 1. The first-order chi connectivity index (χ1) is 14.9. The molecule has 1 fully saturated rings. The first kappa shape index (κ1) is 22.3. The number of carbonyl (C=O) groups excluding carboxylic acids is 1. The third-order valence-electron chi connectivity index (χ3n) is 4.39. The molecule has 0 atom stereocenters. The van der Waals surface area contributed by atoms with Crippen LogP contribution < -0.4 is 14.8 Å². The fourth-order valence-corrected chi connectivity index (χ4v) is 6.12. The Morgan fingerprint density at radius 2 is 2.03 bits per heavy atom. The van der Waals surface area contributed by atoms with Crippen molar-refractivity contribution in [3.63, 3.8) is 0 Å². The number of fused-ring (bicyclic) bond motifs is 1. The predicted octanol–water partition coefficient (Wildman–Crippen LogP) is 3.34. The van der Waals surface area contributed by atoms with Crippen molar-refractivity contribution < 1.29 is 35.9 Å². The summed E-state index contributed by atoms with van der Waals surface area (Å²) < 4.78 is 71.1. The second-order valence-corrected chi connectivity index (χ2v) is 10.6. The van der Waals surface area contributed by atoms with Crippen LogP contribution in [0.15, 0.2) is 36.5 Å². The van der Waals surface area contributed by atoms with Crippen LogP contribution in [0.1, 0.15) is 16.7 Å². The van der Waals surface area contributed by atoms with Crippen LogP contribution in [0, 0.1) is 0 Å². The number of benzene rings is 1. The Kier molecular flexibility index (Phi) is 5.49. The molecule has 0 aliphatic carbocycles. The van der Waals surface area contributed by atoms with Crippen molar-refractivity contribution in [3.8, 4) is 17.4 Å². The van der Waals surface area contributed by atoms with Crippen LogP contribution in [0.4, 0.5) is 13.2 Å². The molecule has 32 heavy (non-hydrogen) atoms. The van der Waals surface area contributed by atoms with Crippen molar-refractivity contribution in [1.29, 1.82) is 0 Å². The largest absolute Gasteiger partial charge is 0.478 e. The van der Waals surface area contributed by atoms with Gasteiger partial charge in [-0.3, -0.25) is 4.79 Å². The molecule has 0 spiro atoms. The van der Waals surface area contributed by atoms with Gasteiger partial charge in [0.05, 0.1) is 27.3 Å². The van der Waals surface area contributed by atoms with E-state index in [9.17, 15) is 26.4 Å². The number of thiazole rings is 1. The molecule has 2 aromatic heterocycles. The highest BCUT2D eigenvalue weighted by atomic mass is 32.2. The summed E-state index contributed by atoms with van der Waals surface area (Å²) in [6, 6.07) is 7.42. The molecule has 1 aliphatic heterocycles. The molecule has 1 amide bonds. The van der Waals surface area contributed by atoms with Gasteiger partial charge in [-0.15, -0.1) is 11.3 Å². The van der Waals surface area contributed by atoms with Crippen LogP contribution in [-0.2, 0) is 9.84 Å². The van der Waals surface area contributed by atoms with E-state index in [1.54, 1.807) is 19.1 Å². The van der Waals surface area contributed by atoms with Crippen molar-refractivity contribution in [2.75, 3.05) is 18.1 Å². The van der Waals surface area contributed by atoms with E-state index >= 15 is 0 Å². The Morgan fingerprint density at radius 1 is 1.28 bits per heavy atom. The molecule has 13 heteroatoms. The van der Waals surface area contributed by atoms with Crippen LogP contribution in [-0.4, -0.2) is 54.1 Å². The van der Waals surface area contributed by atoms with Gasteiger partial charge in [-0.1, -0.05) is 0 Å². The minimum atomic E-state index is -4.51. The number of alkyl halides is 3. The first-order valence-corrected chi connectivity index (χ1v) is 11.8. The highest BCUT2D eigenvalue weighted by Crippen LogP contribution is 2.33. The summed E-state index contributed by atoms with van der Waals surface area (Å²) in [5, 5.41) is 2.84. The summed E-state index contributed by atoms with van der Waals surface area (Å²) >= 11 is 1.07. The normalized spacial score (nSPS) is 16.9. The lowest BCUT2D eigenvalue weighted by Gasteiger charge is -2.37. The molecule has 3 heterocycles. The van der Waals surface area contributed by atoms with Crippen LogP contribution in [0.25, 0.3) is 10.2 Å². The zero-order valence-corrected chi connectivity index (χ0v) is 18.1. The average molecular weight is 487 g/mol. The topological polar surface area (TPSA) is 107 Å². The van der Waals surface area contributed by atoms with E-state index in [1.165, 1.54) is 24.4 Å². The van der Waals surface area contributed by atoms with E-state index in [1.807, 2.05) is 0 Å². The first-order valence-electron chi connectivity index (χ1n) is 9.17. The SMILES string of the molecule is CC1(NC(=O)c2nc3ccc(Oc4ncccc4OCC(F)(F)F)cc3s2)CS(=O)(=O)C1. The smallest absolute Gasteiger partial charge is 0.422 e. The van der Waals surface area contributed by atoms with Crippen molar-refractivity contribution in [3.05, 3.63) is 41.5 Å². The van der Waals surface area contributed by atoms with E-state index in [-0.39, 0.29) is 33.9 Å². The van der Waals surface area contributed by atoms with Crippen LogP contribution >= 0.6 is 11.3 Å². The summed E-state index contributed by atoms with van der Waals surface area (Å²) in [7, 11) is -3.12. The van der Waals surface area contributed by atoms with Gasteiger partial charge in [0.15, 0.2) is 27.2 Å². The molecule has 1 aliphatic rings. The number of carbonyl (C=O) groups is 1. The van der Waals surface area contributed by atoms with Crippen LogP contribution in [0.3, 0.4) is 0 Å². The molecule has 0 bridgehead atoms. The molecule has 1 saturated heterocycles. The van der Waals surface area contributed by atoms with Gasteiger partial charge < -0.3 is 14.8 Å². The predicted molar refractivity (Wildman–Crippen MR) is 110 cm³/mol. The number of rotatable bonds is 6. The Labute approximate surface area is 184 Å². The fraction of sp³-hybridized carbons (Fsp3) is 0.316. The maximum absolute atomic E-state index is 12.5. The third-order valence-corrected chi connectivity index (χ3v) is 7.56. The quantitative estimate of drug-likeness (QED) is 0.568. The maximum Gasteiger partial charge on any atom is 0.422 e. The standard InChI is InChI=1S/C19H16F3N3O5S2/c1-18(9-32(27,28)10-18)25-15(26)17-24-12-5-4-11(7-14(12)31-17)30-16-13(3-2-6-23-16)29-8-19(20,21)22/h2-7H,8-10H2,1H3,(H,25,26). The number of sulfone groups is 1. The van der Waals surface area contributed by atoms with Gasteiger partial charge in [-0.05, 0) is 31.2 Å². The van der Waals surface area contributed by atoms with E-state index < -0.39 is 34.1 Å². The minimum Gasteiger partial charge on any atom is -0.478 e. The summed E-state index contributed by atoms with van der Waals surface area (Å²) in [6.45, 7) is 0.165. The monoisotopic (exact) mass is 487 g/mol. The molecule has 0 unspecified atom stereocenters. The molecule has 8 nitrogen and oxygen atoms in total. The lowest BCUT2D eigenvalue weighted by molar-refractivity contribution is -0.153. The van der Waals surface area contributed by atoms with Gasteiger partial charge >= 0.3 is 6.18 Å².